The highest BCUT2D eigenvalue weighted by molar-refractivity contribution is 5.85. The minimum Gasteiger partial charge on any atom is -0.454 e. The molecule has 0 aliphatic carbocycles. The summed E-state index contributed by atoms with van der Waals surface area (Å²) >= 11 is 0. The van der Waals surface area contributed by atoms with Gasteiger partial charge in [0.15, 0.2) is 11.5 Å². The van der Waals surface area contributed by atoms with Crippen LogP contribution in [0.3, 0.4) is 0 Å². The van der Waals surface area contributed by atoms with Gasteiger partial charge in [-0.15, -0.1) is 0 Å². The zero-order valence-corrected chi connectivity index (χ0v) is 12.5. The summed E-state index contributed by atoms with van der Waals surface area (Å²) in [5, 5.41) is 12.0. The molecule has 112 valence electrons. The van der Waals surface area contributed by atoms with Crippen LogP contribution in [0.25, 0.3) is 10.8 Å². The molecule has 3 aromatic carbocycles. The molecule has 3 aromatic rings. The van der Waals surface area contributed by atoms with Crippen LogP contribution in [0.4, 0.5) is 0 Å². The molecule has 0 fully saturated rings. The Kier molecular flexibility index (Phi) is 3.36. The van der Waals surface area contributed by atoms with Gasteiger partial charge in [-0.1, -0.05) is 48.5 Å². The number of nitriles is 1. The minimum absolute atomic E-state index is 0.213. The molecule has 23 heavy (non-hydrogen) atoms. The van der Waals surface area contributed by atoms with Crippen LogP contribution in [0.2, 0.25) is 0 Å². The van der Waals surface area contributed by atoms with Crippen molar-refractivity contribution in [2.75, 3.05) is 6.79 Å². The molecular weight excluding hydrogens is 286 g/mol. The van der Waals surface area contributed by atoms with E-state index in [-0.39, 0.29) is 12.7 Å². The normalized spacial score (nSPS) is 13.7. The maximum atomic E-state index is 9.64. The van der Waals surface area contributed by atoms with Gasteiger partial charge < -0.3 is 9.47 Å². The molecule has 1 heterocycles. The molecule has 0 spiro atoms. The van der Waals surface area contributed by atoms with Crippen LogP contribution >= 0.6 is 0 Å². The summed E-state index contributed by atoms with van der Waals surface area (Å²) in [7, 11) is 0. The van der Waals surface area contributed by atoms with Crippen molar-refractivity contribution in [2.24, 2.45) is 0 Å². The van der Waals surface area contributed by atoms with E-state index in [1.54, 1.807) is 0 Å². The lowest BCUT2D eigenvalue weighted by Crippen LogP contribution is -2.01. The van der Waals surface area contributed by atoms with Gasteiger partial charge in [0, 0.05) is 0 Å². The van der Waals surface area contributed by atoms with Crippen molar-refractivity contribution >= 4 is 10.8 Å². The first-order chi connectivity index (χ1) is 11.3. The van der Waals surface area contributed by atoms with E-state index in [0.29, 0.717) is 6.42 Å². The Morgan fingerprint density at radius 1 is 0.957 bits per heavy atom. The van der Waals surface area contributed by atoms with E-state index < -0.39 is 0 Å². The molecule has 0 radical (unpaired) electrons. The fraction of sp³-hybridized carbons (Fsp3) is 0.150. The number of fused-ring (bicyclic) bond motifs is 2. The molecule has 1 aliphatic heterocycles. The molecule has 0 amide bonds. The molecule has 0 saturated heterocycles. The Labute approximate surface area is 134 Å². The van der Waals surface area contributed by atoms with E-state index in [1.807, 2.05) is 36.4 Å². The molecule has 3 heteroatoms. The van der Waals surface area contributed by atoms with Crippen molar-refractivity contribution in [2.45, 2.75) is 12.3 Å². The number of hydrogen-bond acceptors (Lipinski definition) is 3. The summed E-state index contributed by atoms with van der Waals surface area (Å²) in [5.74, 6) is 1.26. The van der Waals surface area contributed by atoms with Gasteiger partial charge in [0.25, 0.3) is 0 Å². The highest BCUT2D eigenvalue weighted by Gasteiger charge is 2.18. The number of ether oxygens (including phenoxy) is 2. The summed E-state index contributed by atoms with van der Waals surface area (Å²) in [5.41, 5.74) is 2.15. The predicted molar refractivity (Wildman–Crippen MR) is 88.6 cm³/mol. The van der Waals surface area contributed by atoms with Crippen LogP contribution in [0.15, 0.2) is 60.7 Å². The average Bonchev–Trinajstić information content (AvgIpc) is 3.07. The fourth-order valence-corrected chi connectivity index (χ4v) is 3.06. The summed E-state index contributed by atoms with van der Waals surface area (Å²) in [6, 6.07) is 22.7. The SMILES string of the molecule is N#CC(Cc1cccc2ccccc12)c1ccc2c(c1)OCO2. The molecule has 4 rings (SSSR count). The quantitative estimate of drug-likeness (QED) is 0.719. The highest BCUT2D eigenvalue weighted by atomic mass is 16.7. The van der Waals surface area contributed by atoms with Crippen LogP contribution in [-0.2, 0) is 6.42 Å². The number of benzene rings is 3. The average molecular weight is 301 g/mol. The van der Waals surface area contributed by atoms with Crippen molar-refractivity contribution in [3.8, 4) is 17.6 Å². The van der Waals surface area contributed by atoms with Crippen molar-refractivity contribution in [1.82, 2.24) is 0 Å². The zero-order chi connectivity index (χ0) is 15.6. The lowest BCUT2D eigenvalue weighted by atomic mass is 9.90. The van der Waals surface area contributed by atoms with Crippen molar-refractivity contribution in [1.29, 1.82) is 5.26 Å². The van der Waals surface area contributed by atoms with Crippen LogP contribution in [0.5, 0.6) is 11.5 Å². The summed E-state index contributed by atoms with van der Waals surface area (Å²) in [6.45, 7) is 0.249. The van der Waals surface area contributed by atoms with E-state index in [2.05, 4.69) is 30.3 Å². The second-order valence-corrected chi connectivity index (χ2v) is 5.64. The third-order valence-corrected chi connectivity index (χ3v) is 4.26. The van der Waals surface area contributed by atoms with Crippen LogP contribution in [-0.4, -0.2) is 6.79 Å². The molecular formula is C20H15NO2. The van der Waals surface area contributed by atoms with Gasteiger partial charge in [0.05, 0.1) is 12.0 Å². The van der Waals surface area contributed by atoms with E-state index in [0.717, 1.165) is 17.1 Å². The standard InChI is InChI=1S/C20H15NO2/c21-12-17(15-8-9-19-20(11-15)23-13-22-19)10-16-6-3-5-14-4-1-2-7-18(14)16/h1-9,11,17H,10,13H2. The first-order valence-corrected chi connectivity index (χ1v) is 7.61. The molecule has 3 nitrogen and oxygen atoms in total. The number of hydrogen-bond donors (Lipinski definition) is 0. The number of nitrogens with zero attached hydrogens (tertiary/aromatic N) is 1. The summed E-state index contributed by atoms with van der Waals surface area (Å²) < 4.78 is 10.8. The lowest BCUT2D eigenvalue weighted by molar-refractivity contribution is 0.174. The maximum absolute atomic E-state index is 9.64. The predicted octanol–water partition coefficient (Wildman–Crippen LogP) is 4.42. The van der Waals surface area contributed by atoms with E-state index >= 15 is 0 Å². The Morgan fingerprint density at radius 3 is 2.70 bits per heavy atom. The smallest absolute Gasteiger partial charge is 0.231 e. The van der Waals surface area contributed by atoms with Gasteiger partial charge in [-0.2, -0.15) is 5.26 Å². The zero-order valence-electron chi connectivity index (χ0n) is 12.5. The van der Waals surface area contributed by atoms with E-state index in [9.17, 15) is 5.26 Å². The van der Waals surface area contributed by atoms with Crippen LogP contribution < -0.4 is 9.47 Å². The van der Waals surface area contributed by atoms with Gasteiger partial charge in [0.2, 0.25) is 6.79 Å². The van der Waals surface area contributed by atoms with Crippen LogP contribution in [0, 0.1) is 11.3 Å². The molecule has 1 aliphatic rings. The topological polar surface area (TPSA) is 42.2 Å². The Hall–Kier alpha value is -2.99. The highest BCUT2D eigenvalue weighted by Crippen LogP contribution is 2.35. The first-order valence-electron chi connectivity index (χ1n) is 7.61. The maximum Gasteiger partial charge on any atom is 0.231 e. The molecule has 1 atom stereocenters. The summed E-state index contributed by atoms with van der Waals surface area (Å²) in [4.78, 5) is 0. The van der Waals surface area contributed by atoms with Crippen LogP contribution in [0.1, 0.15) is 17.0 Å². The Bertz CT molecular complexity index is 906. The van der Waals surface area contributed by atoms with Gasteiger partial charge in [-0.25, -0.2) is 0 Å². The van der Waals surface area contributed by atoms with Crippen molar-refractivity contribution < 1.29 is 9.47 Å². The fourth-order valence-electron chi connectivity index (χ4n) is 3.06. The van der Waals surface area contributed by atoms with Gasteiger partial charge in [-0.3, -0.25) is 0 Å². The van der Waals surface area contributed by atoms with Gasteiger partial charge in [-0.05, 0) is 40.5 Å². The largest absolute Gasteiger partial charge is 0.454 e. The van der Waals surface area contributed by atoms with Gasteiger partial charge in [0.1, 0.15) is 0 Å². The second-order valence-electron chi connectivity index (χ2n) is 5.64. The minimum atomic E-state index is -0.213. The third kappa shape index (κ3) is 2.49. The molecule has 0 aromatic heterocycles. The van der Waals surface area contributed by atoms with Crippen molar-refractivity contribution in [3.05, 3.63) is 71.8 Å². The molecule has 0 N–H and O–H groups in total. The third-order valence-electron chi connectivity index (χ3n) is 4.26. The molecule has 0 bridgehead atoms. The molecule has 1 unspecified atom stereocenters. The first kappa shape index (κ1) is 13.7. The van der Waals surface area contributed by atoms with E-state index in [1.165, 1.54) is 16.3 Å². The molecule has 0 saturated carbocycles. The number of rotatable bonds is 3. The second kappa shape index (κ2) is 5.66. The Morgan fingerprint density at radius 2 is 1.78 bits per heavy atom. The Balaban J connectivity index is 1.69. The lowest BCUT2D eigenvalue weighted by Gasteiger charge is -2.12. The van der Waals surface area contributed by atoms with Crippen molar-refractivity contribution in [3.63, 3.8) is 0 Å². The van der Waals surface area contributed by atoms with Gasteiger partial charge >= 0.3 is 0 Å². The summed E-state index contributed by atoms with van der Waals surface area (Å²) in [6.07, 6.45) is 0.678. The monoisotopic (exact) mass is 301 g/mol. The van der Waals surface area contributed by atoms with E-state index in [4.69, 9.17) is 9.47 Å².